The van der Waals surface area contributed by atoms with Gasteiger partial charge >= 0.3 is 0 Å². The van der Waals surface area contributed by atoms with Crippen molar-refractivity contribution in [2.24, 2.45) is 0 Å². The molecule has 0 atom stereocenters. The molecule has 0 aliphatic heterocycles. The number of hydrogen-bond acceptors (Lipinski definition) is 4. The molecular weight excluding hydrogens is 236 g/mol. The van der Waals surface area contributed by atoms with Crippen molar-refractivity contribution in [1.29, 1.82) is 0 Å². The van der Waals surface area contributed by atoms with Gasteiger partial charge in [0.2, 0.25) is 0 Å². The smallest absolute Gasteiger partial charge is 0.257 e. The average Bonchev–Trinajstić information content (AvgIpc) is 2.97. The first kappa shape index (κ1) is 9.98. The van der Waals surface area contributed by atoms with Crippen LogP contribution in [0.4, 0.5) is 5.13 Å². The number of imidazole rings is 1. The van der Waals surface area contributed by atoms with Crippen LogP contribution < -0.4 is 5.32 Å². The van der Waals surface area contributed by atoms with Crippen LogP contribution in [-0.2, 0) is 0 Å². The van der Waals surface area contributed by atoms with Gasteiger partial charge in [-0.3, -0.25) is 10.1 Å². The summed E-state index contributed by atoms with van der Waals surface area (Å²) in [5.74, 6) is -0.170. The summed E-state index contributed by atoms with van der Waals surface area (Å²) in [4.78, 5) is 23.0. The van der Waals surface area contributed by atoms with Crippen LogP contribution >= 0.6 is 11.3 Å². The van der Waals surface area contributed by atoms with Crippen LogP contribution in [0.15, 0.2) is 36.1 Å². The highest BCUT2D eigenvalue weighted by atomic mass is 32.1. The molecule has 2 heterocycles. The predicted molar refractivity (Wildman–Crippen MR) is 66.2 cm³/mol. The number of fused-ring (bicyclic) bond motifs is 1. The zero-order valence-electron chi connectivity index (χ0n) is 8.68. The predicted octanol–water partition coefficient (Wildman–Crippen LogP) is 2.27. The van der Waals surface area contributed by atoms with Gasteiger partial charge in [0, 0.05) is 17.1 Å². The van der Waals surface area contributed by atoms with Gasteiger partial charge in [-0.2, -0.15) is 0 Å². The first-order chi connectivity index (χ1) is 8.33. The van der Waals surface area contributed by atoms with Crippen molar-refractivity contribution in [3.8, 4) is 0 Å². The number of nitrogens with one attached hydrogen (secondary N) is 2. The van der Waals surface area contributed by atoms with E-state index in [1.54, 1.807) is 24.7 Å². The number of rotatable bonds is 2. The van der Waals surface area contributed by atoms with E-state index in [-0.39, 0.29) is 5.91 Å². The number of thiazole rings is 1. The first-order valence-electron chi connectivity index (χ1n) is 4.97. The highest BCUT2D eigenvalue weighted by molar-refractivity contribution is 7.13. The molecule has 0 aliphatic rings. The Kier molecular flexibility index (Phi) is 2.34. The third-order valence-corrected chi connectivity index (χ3v) is 3.02. The molecule has 0 fully saturated rings. The second-order valence-electron chi connectivity index (χ2n) is 3.43. The topological polar surface area (TPSA) is 70.7 Å². The van der Waals surface area contributed by atoms with Gasteiger partial charge in [-0.15, -0.1) is 11.3 Å². The number of anilines is 1. The molecule has 0 saturated carbocycles. The Morgan fingerprint density at radius 2 is 2.29 bits per heavy atom. The van der Waals surface area contributed by atoms with E-state index in [1.165, 1.54) is 11.3 Å². The maximum atomic E-state index is 11.9. The molecule has 84 valence electrons. The van der Waals surface area contributed by atoms with Gasteiger partial charge in [-0.05, 0) is 18.2 Å². The number of aromatic amines is 1. The summed E-state index contributed by atoms with van der Waals surface area (Å²) in [5.41, 5.74) is 2.27. The molecule has 0 spiro atoms. The first-order valence-corrected chi connectivity index (χ1v) is 5.85. The zero-order chi connectivity index (χ0) is 11.7. The number of benzene rings is 1. The van der Waals surface area contributed by atoms with Crippen molar-refractivity contribution in [2.45, 2.75) is 0 Å². The van der Waals surface area contributed by atoms with E-state index in [1.807, 2.05) is 11.4 Å². The summed E-state index contributed by atoms with van der Waals surface area (Å²) < 4.78 is 0. The second kappa shape index (κ2) is 3.99. The van der Waals surface area contributed by atoms with E-state index < -0.39 is 0 Å². The van der Waals surface area contributed by atoms with E-state index in [0.29, 0.717) is 10.7 Å². The van der Waals surface area contributed by atoms with Crippen molar-refractivity contribution >= 4 is 33.4 Å². The van der Waals surface area contributed by atoms with Gasteiger partial charge in [0.15, 0.2) is 5.13 Å². The molecule has 3 rings (SSSR count). The second-order valence-corrected chi connectivity index (χ2v) is 4.32. The van der Waals surface area contributed by atoms with Gasteiger partial charge in [0.05, 0.1) is 17.4 Å². The van der Waals surface area contributed by atoms with E-state index in [9.17, 15) is 4.79 Å². The Balaban J connectivity index is 1.90. The SMILES string of the molecule is O=C(Nc1nccs1)c1ccc2nc[nH]c2c1. The van der Waals surface area contributed by atoms with Crippen molar-refractivity contribution in [3.05, 3.63) is 41.7 Å². The largest absolute Gasteiger partial charge is 0.345 e. The highest BCUT2D eigenvalue weighted by Crippen LogP contribution is 2.15. The lowest BCUT2D eigenvalue weighted by Gasteiger charge is -2.01. The fourth-order valence-corrected chi connectivity index (χ4v) is 2.06. The van der Waals surface area contributed by atoms with Crippen molar-refractivity contribution in [3.63, 3.8) is 0 Å². The van der Waals surface area contributed by atoms with Gasteiger partial charge in [-0.25, -0.2) is 9.97 Å². The molecule has 0 radical (unpaired) electrons. The maximum absolute atomic E-state index is 11.9. The van der Waals surface area contributed by atoms with Crippen LogP contribution in [0, 0.1) is 0 Å². The summed E-state index contributed by atoms with van der Waals surface area (Å²) >= 11 is 1.39. The van der Waals surface area contributed by atoms with Crippen LogP contribution in [0.25, 0.3) is 11.0 Å². The lowest BCUT2D eigenvalue weighted by Crippen LogP contribution is -2.11. The molecule has 6 heteroatoms. The summed E-state index contributed by atoms with van der Waals surface area (Å²) in [6.45, 7) is 0. The van der Waals surface area contributed by atoms with Crippen LogP contribution in [-0.4, -0.2) is 20.9 Å². The average molecular weight is 244 g/mol. The van der Waals surface area contributed by atoms with Gasteiger partial charge < -0.3 is 4.98 Å². The molecule has 2 N–H and O–H groups in total. The number of carbonyl (C=O) groups excluding carboxylic acids is 1. The number of carbonyl (C=O) groups is 1. The zero-order valence-corrected chi connectivity index (χ0v) is 9.49. The number of nitrogens with zero attached hydrogens (tertiary/aromatic N) is 2. The Morgan fingerprint density at radius 1 is 1.35 bits per heavy atom. The van der Waals surface area contributed by atoms with Crippen molar-refractivity contribution < 1.29 is 4.79 Å². The molecule has 0 bridgehead atoms. The molecule has 2 aromatic heterocycles. The standard InChI is InChI=1S/C11H8N4OS/c16-10(15-11-12-3-4-17-11)7-1-2-8-9(5-7)14-6-13-8/h1-6H,(H,13,14)(H,12,15,16). The third kappa shape index (κ3) is 1.90. The quantitative estimate of drug-likeness (QED) is 0.726. The number of H-pyrrole nitrogens is 1. The monoisotopic (exact) mass is 244 g/mol. The summed E-state index contributed by atoms with van der Waals surface area (Å²) in [6, 6.07) is 5.32. The minimum absolute atomic E-state index is 0.170. The fourth-order valence-electron chi connectivity index (χ4n) is 1.53. The highest BCUT2D eigenvalue weighted by Gasteiger charge is 2.08. The summed E-state index contributed by atoms with van der Waals surface area (Å²) in [5, 5.41) is 5.14. The Labute approximate surface area is 101 Å². The van der Waals surface area contributed by atoms with Crippen molar-refractivity contribution in [1.82, 2.24) is 15.0 Å². The molecule has 1 amide bonds. The third-order valence-electron chi connectivity index (χ3n) is 2.34. The van der Waals surface area contributed by atoms with E-state index in [0.717, 1.165) is 11.0 Å². The maximum Gasteiger partial charge on any atom is 0.257 e. The lowest BCUT2D eigenvalue weighted by atomic mass is 10.2. The normalized spacial score (nSPS) is 10.6. The molecule has 1 aromatic carbocycles. The number of hydrogen-bond donors (Lipinski definition) is 2. The Morgan fingerprint density at radius 3 is 3.12 bits per heavy atom. The van der Waals surface area contributed by atoms with Crippen LogP contribution in [0.3, 0.4) is 0 Å². The minimum Gasteiger partial charge on any atom is -0.345 e. The Hall–Kier alpha value is -2.21. The van der Waals surface area contributed by atoms with Gasteiger partial charge in [-0.1, -0.05) is 0 Å². The molecule has 17 heavy (non-hydrogen) atoms. The fraction of sp³-hybridized carbons (Fsp3) is 0. The van der Waals surface area contributed by atoms with E-state index in [2.05, 4.69) is 20.3 Å². The van der Waals surface area contributed by atoms with E-state index in [4.69, 9.17) is 0 Å². The molecular formula is C11H8N4OS. The molecule has 5 nitrogen and oxygen atoms in total. The van der Waals surface area contributed by atoms with Gasteiger partial charge in [0.25, 0.3) is 5.91 Å². The van der Waals surface area contributed by atoms with Crippen molar-refractivity contribution in [2.75, 3.05) is 5.32 Å². The lowest BCUT2D eigenvalue weighted by molar-refractivity contribution is 0.102. The van der Waals surface area contributed by atoms with E-state index >= 15 is 0 Å². The van der Waals surface area contributed by atoms with Crippen LogP contribution in [0.5, 0.6) is 0 Å². The summed E-state index contributed by atoms with van der Waals surface area (Å²) in [7, 11) is 0. The Bertz CT molecular complexity index is 659. The molecule has 0 unspecified atom stereocenters. The van der Waals surface area contributed by atoms with Crippen LogP contribution in [0.2, 0.25) is 0 Å². The minimum atomic E-state index is -0.170. The number of amides is 1. The molecule has 0 saturated heterocycles. The molecule has 0 aliphatic carbocycles. The molecule has 3 aromatic rings. The van der Waals surface area contributed by atoms with Gasteiger partial charge in [0.1, 0.15) is 0 Å². The van der Waals surface area contributed by atoms with Crippen LogP contribution in [0.1, 0.15) is 10.4 Å². The number of aromatic nitrogens is 3. The summed E-state index contributed by atoms with van der Waals surface area (Å²) in [6.07, 6.45) is 3.26.